The van der Waals surface area contributed by atoms with E-state index in [0.717, 1.165) is 36.9 Å². The van der Waals surface area contributed by atoms with Gasteiger partial charge >= 0.3 is 6.03 Å². The molecule has 4 amide bonds. The van der Waals surface area contributed by atoms with Gasteiger partial charge in [0.1, 0.15) is 11.6 Å². The Labute approximate surface area is 264 Å². The van der Waals surface area contributed by atoms with Crippen molar-refractivity contribution < 1.29 is 23.2 Å². The molecule has 6 N–H and O–H groups in total. The number of hydrogen-bond donors (Lipinski definition) is 4. The maximum Gasteiger partial charge on any atom is 0.316 e. The van der Waals surface area contributed by atoms with E-state index in [-0.39, 0.29) is 39.0 Å². The first kappa shape index (κ1) is 33.1. The summed E-state index contributed by atoms with van der Waals surface area (Å²) in [6.07, 6.45) is 2.60. The molecule has 3 aromatic rings. The highest BCUT2D eigenvalue weighted by molar-refractivity contribution is 6.40. The maximum atomic E-state index is 13.5. The lowest BCUT2D eigenvalue weighted by Crippen LogP contribution is -2.58. The summed E-state index contributed by atoms with van der Waals surface area (Å²) < 4.78 is 27.1. The standard InChI is InChI=1S/C31H34Cl2F2N6O3/c32-25-17-23(38-31(37)44)18-26(33)27(25)39-30(43)28(29(36)42)41-15-13-40(14-16-41)12-2-1-3-24(19-4-8-21(34)9-5-19)20-6-10-22(35)11-7-20/h4-11,17-18,24,28H,1-3,12-16H2,(H2,36,42)(H,39,43)(H3,37,38,44). The predicted molar refractivity (Wildman–Crippen MR) is 168 cm³/mol. The molecule has 9 nitrogen and oxygen atoms in total. The number of nitrogens with one attached hydrogen (secondary N) is 2. The summed E-state index contributed by atoms with van der Waals surface area (Å²) in [6.45, 7) is 2.96. The Hall–Kier alpha value is -3.77. The molecule has 1 saturated heterocycles. The van der Waals surface area contributed by atoms with Crippen molar-refractivity contribution in [3.63, 3.8) is 0 Å². The molecule has 1 fully saturated rings. The van der Waals surface area contributed by atoms with Gasteiger partial charge in [-0.15, -0.1) is 0 Å². The van der Waals surface area contributed by atoms with Crippen molar-refractivity contribution in [1.29, 1.82) is 0 Å². The Morgan fingerprint density at radius 2 is 1.32 bits per heavy atom. The van der Waals surface area contributed by atoms with Crippen LogP contribution in [0.25, 0.3) is 0 Å². The Bertz CT molecular complexity index is 1400. The minimum Gasteiger partial charge on any atom is -0.368 e. The molecule has 44 heavy (non-hydrogen) atoms. The molecule has 1 heterocycles. The number of unbranched alkanes of at least 4 members (excludes halogenated alkanes) is 1. The van der Waals surface area contributed by atoms with E-state index in [1.54, 1.807) is 29.2 Å². The van der Waals surface area contributed by atoms with Crippen LogP contribution in [0.3, 0.4) is 0 Å². The fourth-order valence-electron chi connectivity index (χ4n) is 5.42. The van der Waals surface area contributed by atoms with Crippen molar-refractivity contribution in [2.75, 3.05) is 43.4 Å². The van der Waals surface area contributed by atoms with Crippen molar-refractivity contribution in [3.05, 3.63) is 93.5 Å². The third kappa shape index (κ3) is 8.88. The monoisotopic (exact) mass is 646 g/mol. The van der Waals surface area contributed by atoms with Crippen LogP contribution in [0.2, 0.25) is 10.0 Å². The molecule has 0 saturated carbocycles. The lowest BCUT2D eigenvalue weighted by Gasteiger charge is -2.37. The largest absolute Gasteiger partial charge is 0.368 e. The second-order valence-corrected chi connectivity index (χ2v) is 11.4. The maximum absolute atomic E-state index is 13.5. The highest BCUT2D eigenvalue weighted by atomic mass is 35.5. The number of amides is 4. The molecule has 1 aliphatic heterocycles. The van der Waals surface area contributed by atoms with Gasteiger partial charge in [-0.25, -0.2) is 13.6 Å². The summed E-state index contributed by atoms with van der Waals surface area (Å²) in [7, 11) is 0. The van der Waals surface area contributed by atoms with Crippen LogP contribution in [0.4, 0.5) is 25.0 Å². The third-order valence-corrected chi connectivity index (χ3v) is 8.21. The van der Waals surface area contributed by atoms with Crippen LogP contribution >= 0.6 is 23.2 Å². The summed E-state index contributed by atoms with van der Waals surface area (Å²) in [5, 5.41) is 5.03. The molecule has 0 aliphatic carbocycles. The summed E-state index contributed by atoms with van der Waals surface area (Å²) >= 11 is 12.5. The molecule has 1 aliphatic rings. The first-order valence-corrected chi connectivity index (χ1v) is 14.9. The molecule has 0 aromatic heterocycles. The normalized spacial score (nSPS) is 14.8. The van der Waals surface area contributed by atoms with Gasteiger partial charge in [-0.05, 0) is 66.9 Å². The molecule has 3 aromatic carbocycles. The fourth-order valence-corrected chi connectivity index (χ4v) is 6.00. The number of urea groups is 1. The number of nitrogens with zero attached hydrogens (tertiary/aromatic N) is 2. The molecular weight excluding hydrogens is 613 g/mol. The molecule has 13 heteroatoms. The first-order valence-electron chi connectivity index (χ1n) is 14.1. The number of carbonyl (C=O) groups excluding carboxylic acids is 3. The van der Waals surface area contributed by atoms with Crippen molar-refractivity contribution in [1.82, 2.24) is 9.80 Å². The highest BCUT2D eigenvalue weighted by Gasteiger charge is 2.34. The molecule has 1 atom stereocenters. The number of anilines is 2. The van der Waals surface area contributed by atoms with Crippen LogP contribution < -0.4 is 22.1 Å². The topological polar surface area (TPSA) is 134 Å². The van der Waals surface area contributed by atoms with E-state index in [0.29, 0.717) is 26.2 Å². The van der Waals surface area contributed by atoms with E-state index in [1.807, 2.05) is 0 Å². The van der Waals surface area contributed by atoms with Crippen LogP contribution in [0.1, 0.15) is 36.3 Å². The summed E-state index contributed by atoms with van der Waals surface area (Å²) in [5.74, 6) is -2.06. The van der Waals surface area contributed by atoms with Gasteiger partial charge in [0.15, 0.2) is 6.04 Å². The first-order chi connectivity index (χ1) is 21.0. The number of benzene rings is 3. The lowest BCUT2D eigenvalue weighted by molar-refractivity contribution is -0.133. The quantitative estimate of drug-likeness (QED) is 0.159. The number of halogens is 4. The zero-order chi connectivity index (χ0) is 31.8. The van der Waals surface area contributed by atoms with Gasteiger partial charge < -0.3 is 27.0 Å². The zero-order valence-electron chi connectivity index (χ0n) is 23.9. The number of hydrogen-bond acceptors (Lipinski definition) is 5. The van der Waals surface area contributed by atoms with E-state index in [1.165, 1.54) is 36.4 Å². The SMILES string of the molecule is NC(=O)Nc1cc(Cl)c(NC(=O)C(C(N)=O)N2CCN(CCCCC(c3ccc(F)cc3)c3ccc(F)cc3)CC2)c(Cl)c1. The van der Waals surface area contributed by atoms with Crippen LogP contribution in [0.15, 0.2) is 60.7 Å². The molecule has 0 bridgehead atoms. The van der Waals surface area contributed by atoms with Crippen molar-refractivity contribution in [2.24, 2.45) is 11.5 Å². The van der Waals surface area contributed by atoms with Crippen molar-refractivity contribution in [3.8, 4) is 0 Å². The van der Waals surface area contributed by atoms with E-state index in [9.17, 15) is 23.2 Å². The fraction of sp³-hybridized carbons (Fsp3) is 0.323. The Morgan fingerprint density at radius 1 is 0.795 bits per heavy atom. The van der Waals surface area contributed by atoms with Gasteiger partial charge in [0.25, 0.3) is 5.91 Å². The molecular formula is C31H34Cl2F2N6O3. The van der Waals surface area contributed by atoms with Gasteiger partial charge in [0, 0.05) is 37.8 Å². The molecule has 234 valence electrons. The van der Waals surface area contributed by atoms with E-state index < -0.39 is 23.9 Å². The lowest BCUT2D eigenvalue weighted by atomic mass is 9.87. The second kappa shape index (κ2) is 15.3. The average Bonchev–Trinajstić information content (AvgIpc) is 2.97. The van der Waals surface area contributed by atoms with E-state index in [2.05, 4.69) is 15.5 Å². The summed E-state index contributed by atoms with van der Waals surface area (Å²) in [4.78, 5) is 40.6. The molecule has 1 unspecified atom stereocenters. The van der Waals surface area contributed by atoms with Gasteiger partial charge in [-0.1, -0.05) is 53.9 Å². The Balaban J connectivity index is 1.29. The number of rotatable bonds is 12. The minimum absolute atomic E-state index is 0.0144. The summed E-state index contributed by atoms with van der Waals surface area (Å²) in [5.41, 5.74) is 13.0. The van der Waals surface area contributed by atoms with Crippen LogP contribution in [0, 0.1) is 11.6 Å². The van der Waals surface area contributed by atoms with Crippen molar-refractivity contribution >= 4 is 52.4 Å². The van der Waals surface area contributed by atoms with Crippen LogP contribution in [-0.4, -0.2) is 66.4 Å². The van der Waals surface area contributed by atoms with E-state index >= 15 is 0 Å². The van der Waals surface area contributed by atoms with Gasteiger partial charge in [0.05, 0.1) is 15.7 Å². The zero-order valence-corrected chi connectivity index (χ0v) is 25.4. The number of nitrogens with two attached hydrogens (primary N) is 2. The Kier molecular flexibility index (Phi) is 11.5. The van der Waals surface area contributed by atoms with Gasteiger partial charge in [-0.2, -0.15) is 0 Å². The average molecular weight is 648 g/mol. The Morgan fingerprint density at radius 3 is 1.80 bits per heavy atom. The molecule has 4 rings (SSSR count). The highest BCUT2D eigenvalue weighted by Crippen LogP contribution is 2.34. The van der Waals surface area contributed by atoms with Crippen LogP contribution in [0.5, 0.6) is 0 Å². The minimum atomic E-state index is -1.24. The van der Waals surface area contributed by atoms with Crippen LogP contribution in [-0.2, 0) is 9.59 Å². The smallest absolute Gasteiger partial charge is 0.316 e. The number of piperazine rings is 1. The van der Waals surface area contributed by atoms with Gasteiger partial charge in [-0.3, -0.25) is 14.5 Å². The van der Waals surface area contributed by atoms with Gasteiger partial charge in [0.2, 0.25) is 5.91 Å². The number of primary amides is 2. The third-order valence-electron chi connectivity index (χ3n) is 7.61. The predicted octanol–water partition coefficient (Wildman–Crippen LogP) is 5.17. The second-order valence-electron chi connectivity index (χ2n) is 10.6. The number of carbonyl (C=O) groups is 3. The summed E-state index contributed by atoms with van der Waals surface area (Å²) in [6, 6.07) is 13.5. The molecule has 0 radical (unpaired) electrons. The van der Waals surface area contributed by atoms with E-state index in [4.69, 9.17) is 34.7 Å². The molecule has 0 spiro atoms. The van der Waals surface area contributed by atoms with Crippen molar-refractivity contribution in [2.45, 2.75) is 31.2 Å².